The number of likely N-dealkylation sites (tertiary alicyclic amines) is 1. The number of rotatable bonds is 5. The molecule has 2 N–H and O–H groups in total. The Balaban J connectivity index is 1.69. The zero-order valence-electron chi connectivity index (χ0n) is 14.3. The van der Waals surface area contributed by atoms with Gasteiger partial charge in [-0.25, -0.2) is 0 Å². The van der Waals surface area contributed by atoms with Crippen LogP contribution in [0.3, 0.4) is 0 Å². The molecule has 3 heterocycles. The van der Waals surface area contributed by atoms with Crippen molar-refractivity contribution >= 4 is 5.91 Å². The van der Waals surface area contributed by atoms with Crippen molar-refractivity contribution in [1.29, 1.82) is 0 Å². The van der Waals surface area contributed by atoms with Crippen LogP contribution < -0.4 is 5.73 Å². The number of pyridine rings is 1. The van der Waals surface area contributed by atoms with Crippen LogP contribution in [0.4, 0.5) is 0 Å². The normalized spacial score (nSPS) is 16.4. The fraction of sp³-hybridized carbons (Fsp3) is 0.500. The Morgan fingerprint density at radius 2 is 2.12 bits per heavy atom. The zero-order valence-corrected chi connectivity index (χ0v) is 14.3. The van der Waals surface area contributed by atoms with Gasteiger partial charge >= 0.3 is 0 Å². The number of carbonyl (C=O) groups excluding carboxylic acids is 1. The minimum absolute atomic E-state index is 0.227. The molecule has 1 aliphatic rings. The number of hydrogen-bond donors (Lipinski definition) is 1. The molecule has 0 saturated carbocycles. The summed E-state index contributed by atoms with van der Waals surface area (Å²) >= 11 is 0. The summed E-state index contributed by atoms with van der Waals surface area (Å²) in [6, 6.07) is 4.27. The van der Waals surface area contributed by atoms with Crippen LogP contribution in [0, 0.1) is 13.8 Å². The lowest BCUT2D eigenvalue weighted by Gasteiger charge is -2.32. The highest BCUT2D eigenvalue weighted by atomic mass is 16.5. The molecule has 6 heteroatoms. The van der Waals surface area contributed by atoms with E-state index in [9.17, 15) is 4.79 Å². The Morgan fingerprint density at radius 1 is 1.38 bits per heavy atom. The van der Waals surface area contributed by atoms with Gasteiger partial charge in [-0.3, -0.25) is 9.78 Å². The highest BCUT2D eigenvalue weighted by molar-refractivity contribution is 5.73. The van der Waals surface area contributed by atoms with Crippen molar-refractivity contribution in [1.82, 2.24) is 15.0 Å². The van der Waals surface area contributed by atoms with Crippen molar-refractivity contribution in [2.75, 3.05) is 19.6 Å². The van der Waals surface area contributed by atoms with Gasteiger partial charge in [-0.15, -0.1) is 0 Å². The third-order valence-corrected chi connectivity index (χ3v) is 4.81. The molecule has 0 unspecified atom stereocenters. The second-order valence-electron chi connectivity index (χ2n) is 6.51. The number of amides is 1. The number of primary amides is 1. The Labute approximate surface area is 142 Å². The largest absolute Gasteiger partial charge is 0.370 e. The van der Waals surface area contributed by atoms with Crippen LogP contribution in [-0.2, 0) is 4.79 Å². The molecule has 1 amide bonds. The Hall–Kier alpha value is -2.21. The molecule has 0 aliphatic carbocycles. The molecule has 1 fully saturated rings. The summed E-state index contributed by atoms with van der Waals surface area (Å²) in [4.78, 5) is 17.7. The van der Waals surface area contributed by atoms with Crippen molar-refractivity contribution in [3.8, 4) is 11.3 Å². The molecule has 0 radical (unpaired) electrons. The van der Waals surface area contributed by atoms with Crippen LogP contribution in [0.5, 0.6) is 0 Å². The summed E-state index contributed by atoms with van der Waals surface area (Å²) in [5.41, 5.74) is 9.34. The van der Waals surface area contributed by atoms with Gasteiger partial charge in [0.2, 0.25) is 5.91 Å². The molecule has 2 aromatic heterocycles. The quantitative estimate of drug-likeness (QED) is 0.911. The van der Waals surface area contributed by atoms with Gasteiger partial charge in [0, 0.05) is 19.2 Å². The van der Waals surface area contributed by atoms with Gasteiger partial charge in [-0.2, -0.15) is 0 Å². The van der Waals surface area contributed by atoms with E-state index in [2.05, 4.69) is 27.2 Å². The number of nitrogens with zero attached hydrogens (tertiary/aromatic N) is 3. The summed E-state index contributed by atoms with van der Waals surface area (Å²) in [5, 5.41) is 4.02. The number of hydrogen-bond acceptors (Lipinski definition) is 5. The van der Waals surface area contributed by atoms with Gasteiger partial charge in [0.25, 0.3) is 0 Å². The average molecular weight is 328 g/mol. The van der Waals surface area contributed by atoms with Crippen LogP contribution in [0.1, 0.15) is 42.2 Å². The monoisotopic (exact) mass is 328 g/mol. The summed E-state index contributed by atoms with van der Waals surface area (Å²) < 4.78 is 5.26. The van der Waals surface area contributed by atoms with Crippen molar-refractivity contribution in [2.24, 2.45) is 5.73 Å². The van der Waals surface area contributed by atoms with E-state index in [4.69, 9.17) is 10.3 Å². The highest BCUT2D eigenvalue weighted by Gasteiger charge is 2.22. The average Bonchev–Trinajstić information content (AvgIpc) is 2.92. The van der Waals surface area contributed by atoms with Crippen LogP contribution in [0.25, 0.3) is 11.3 Å². The van der Waals surface area contributed by atoms with E-state index >= 15 is 0 Å². The van der Waals surface area contributed by atoms with Crippen LogP contribution in [0.15, 0.2) is 22.9 Å². The van der Waals surface area contributed by atoms with Crippen LogP contribution in [0.2, 0.25) is 0 Å². The molecule has 0 aromatic carbocycles. The maximum atomic E-state index is 10.9. The minimum Gasteiger partial charge on any atom is -0.370 e. The number of aromatic nitrogens is 2. The second-order valence-corrected chi connectivity index (χ2v) is 6.51. The lowest BCUT2D eigenvalue weighted by Crippen LogP contribution is -2.35. The second kappa shape index (κ2) is 7.13. The van der Waals surface area contributed by atoms with E-state index in [1.54, 1.807) is 0 Å². The first-order valence-corrected chi connectivity index (χ1v) is 8.44. The zero-order chi connectivity index (χ0) is 17.1. The number of piperidine rings is 1. The molecule has 0 spiro atoms. The van der Waals surface area contributed by atoms with Gasteiger partial charge in [0.1, 0.15) is 5.76 Å². The molecule has 3 rings (SSSR count). The highest BCUT2D eigenvalue weighted by Crippen LogP contribution is 2.31. The number of carbonyl (C=O) groups is 1. The Morgan fingerprint density at radius 3 is 2.75 bits per heavy atom. The Bertz CT molecular complexity index is 698. The fourth-order valence-corrected chi connectivity index (χ4v) is 3.44. The molecular weight excluding hydrogens is 304 g/mol. The van der Waals surface area contributed by atoms with E-state index in [0.29, 0.717) is 12.3 Å². The summed E-state index contributed by atoms with van der Waals surface area (Å²) in [5.74, 6) is 1.10. The molecule has 1 aliphatic heterocycles. The van der Waals surface area contributed by atoms with Gasteiger partial charge < -0.3 is 15.2 Å². The van der Waals surface area contributed by atoms with E-state index in [-0.39, 0.29) is 5.91 Å². The molecular formula is C18H24N4O2. The maximum absolute atomic E-state index is 10.9. The first kappa shape index (κ1) is 16.6. The molecule has 0 atom stereocenters. The maximum Gasteiger partial charge on any atom is 0.218 e. The van der Waals surface area contributed by atoms with Gasteiger partial charge in [-0.1, -0.05) is 5.16 Å². The van der Waals surface area contributed by atoms with Crippen molar-refractivity contribution < 1.29 is 9.32 Å². The van der Waals surface area contributed by atoms with Crippen molar-refractivity contribution in [3.05, 3.63) is 35.3 Å². The molecule has 0 bridgehead atoms. The molecule has 6 nitrogen and oxygen atoms in total. The summed E-state index contributed by atoms with van der Waals surface area (Å²) in [7, 11) is 0. The molecule has 1 saturated heterocycles. The first-order valence-electron chi connectivity index (χ1n) is 8.44. The fourth-order valence-electron chi connectivity index (χ4n) is 3.44. The lowest BCUT2D eigenvalue weighted by molar-refractivity contribution is -0.118. The smallest absolute Gasteiger partial charge is 0.218 e. The predicted octanol–water partition coefficient (Wildman–Crippen LogP) is 2.41. The minimum atomic E-state index is -0.227. The molecule has 2 aromatic rings. The van der Waals surface area contributed by atoms with E-state index in [1.807, 2.05) is 20.0 Å². The molecule has 24 heavy (non-hydrogen) atoms. The van der Waals surface area contributed by atoms with Crippen molar-refractivity contribution in [3.63, 3.8) is 0 Å². The van der Waals surface area contributed by atoms with Crippen molar-refractivity contribution in [2.45, 2.75) is 39.0 Å². The number of nitrogens with two attached hydrogens (primary N) is 1. The third kappa shape index (κ3) is 3.64. The Kier molecular flexibility index (Phi) is 4.94. The van der Waals surface area contributed by atoms with Gasteiger partial charge in [0.15, 0.2) is 0 Å². The van der Waals surface area contributed by atoms with E-state index < -0.39 is 0 Å². The SMILES string of the molecule is Cc1noc(C)c1-c1cc(C2CCN(CCC(N)=O)CC2)ccn1. The standard InChI is InChI=1S/C18H24N4O2/c1-12-18(13(2)24-21-12)16-11-15(3-7-20-16)14-4-8-22(9-5-14)10-6-17(19)23/h3,7,11,14H,4-6,8-10H2,1-2H3,(H2,19,23). The summed E-state index contributed by atoms with van der Waals surface area (Å²) in [6.45, 7) is 6.63. The van der Waals surface area contributed by atoms with E-state index in [0.717, 1.165) is 55.2 Å². The molecule has 128 valence electrons. The van der Waals surface area contributed by atoms with Crippen LogP contribution >= 0.6 is 0 Å². The van der Waals surface area contributed by atoms with Gasteiger partial charge in [-0.05, 0) is 63.4 Å². The lowest BCUT2D eigenvalue weighted by atomic mass is 9.89. The number of aryl methyl sites for hydroxylation is 2. The predicted molar refractivity (Wildman–Crippen MR) is 91.4 cm³/mol. The van der Waals surface area contributed by atoms with Crippen LogP contribution in [-0.4, -0.2) is 40.6 Å². The van der Waals surface area contributed by atoms with E-state index in [1.165, 1.54) is 5.56 Å². The first-order chi connectivity index (χ1) is 11.5. The van der Waals surface area contributed by atoms with Gasteiger partial charge in [0.05, 0.1) is 17.0 Å². The topological polar surface area (TPSA) is 85.3 Å². The third-order valence-electron chi connectivity index (χ3n) is 4.81. The summed E-state index contributed by atoms with van der Waals surface area (Å²) in [6.07, 6.45) is 4.49.